The van der Waals surface area contributed by atoms with E-state index in [1.165, 1.54) is 0 Å². The molecule has 2 aromatic rings. The zero-order valence-corrected chi connectivity index (χ0v) is 14.4. The van der Waals surface area contributed by atoms with Gasteiger partial charge in [0.05, 0.1) is 23.8 Å². The molecule has 2 atom stereocenters. The van der Waals surface area contributed by atoms with Crippen molar-refractivity contribution < 1.29 is 9.84 Å². The largest absolute Gasteiger partial charge is 0.491 e. The quantitative estimate of drug-likeness (QED) is 0.814. The van der Waals surface area contributed by atoms with Gasteiger partial charge in [0.1, 0.15) is 5.75 Å². The van der Waals surface area contributed by atoms with Crippen LogP contribution >= 0.6 is 0 Å². The van der Waals surface area contributed by atoms with E-state index in [1.807, 2.05) is 57.2 Å². The van der Waals surface area contributed by atoms with Crippen LogP contribution in [0.5, 0.6) is 5.75 Å². The fraction of sp³-hybridized carbons (Fsp3) is 0.350. The van der Waals surface area contributed by atoms with Gasteiger partial charge >= 0.3 is 0 Å². The summed E-state index contributed by atoms with van der Waals surface area (Å²) in [6.07, 6.45) is -0.449. The molecule has 0 saturated heterocycles. The number of hydrogen-bond acceptors (Lipinski definition) is 4. The maximum atomic E-state index is 10.3. The van der Waals surface area contributed by atoms with Gasteiger partial charge in [-0.25, -0.2) is 0 Å². The fourth-order valence-corrected chi connectivity index (χ4v) is 2.41. The Hall–Kier alpha value is -2.35. The van der Waals surface area contributed by atoms with Crippen LogP contribution in [0.15, 0.2) is 48.5 Å². The zero-order valence-electron chi connectivity index (χ0n) is 14.4. The molecule has 4 heteroatoms. The summed E-state index contributed by atoms with van der Waals surface area (Å²) in [5, 5.41) is 22.5. The molecule has 126 valence electrons. The van der Waals surface area contributed by atoms with Crippen LogP contribution in [-0.4, -0.2) is 17.8 Å². The third kappa shape index (κ3) is 5.09. The van der Waals surface area contributed by atoms with Gasteiger partial charge in [0.2, 0.25) is 0 Å². The lowest BCUT2D eigenvalue weighted by Crippen LogP contribution is -2.24. The van der Waals surface area contributed by atoms with Gasteiger partial charge in [0.25, 0.3) is 0 Å². The second kappa shape index (κ2) is 8.49. The molecule has 0 aliphatic rings. The third-order valence-electron chi connectivity index (χ3n) is 3.79. The monoisotopic (exact) mass is 324 g/mol. The van der Waals surface area contributed by atoms with E-state index in [-0.39, 0.29) is 12.1 Å². The summed E-state index contributed by atoms with van der Waals surface area (Å²) in [7, 11) is 0. The Morgan fingerprint density at radius 3 is 2.12 bits per heavy atom. The van der Waals surface area contributed by atoms with E-state index < -0.39 is 6.10 Å². The Balaban J connectivity index is 1.89. The van der Waals surface area contributed by atoms with Gasteiger partial charge in [0, 0.05) is 12.6 Å². The Morgan fingerprint density at radius 1 is 1.00 bits per heavy atom. The molecule has 0 aliphatic carbocycles. The highest BCUT2D eigenvalue weighted by Crippen LogP contribution is 2.20. The second-order valence-corrected chi connectivity index (χ2v) is 6.12. The first kappa shape index (κ1) is 18.0. The van der Waals surface area contributed by atoms with Crippen molar-refractivity contribution in [2.45, 2.75) is 39.0 Å². The second-order valence-electron chi connectivity index (χ2n) is 6.12. The summed E-state index contributed by atoms with van der Waals surface area (Å²) in [6.45, 7) is 6.45. The maximum Gasteiger partial charge on any atom is 0.119 e. The van der Waals surface area contributed by atoms with Crippen molar-refractivity contribution in [3.05, 3.63) is 65.2 Å². The van der Waals surface area contributed by atoms with Crippen LogP contribution in [0.25, 0.3) is 0 Å². The van der Waals surface area contributed by atoms with E-state index in [0.29, 0.717) is 12.1 Å². The number of hydrogen-bond donors (Lipinski definition) is 2. The van der Waals surface area contributed by atoms with Crippen LogP contribution in [0.3, 0.4) is 0 Å². The summed E-state index contributed by atoms with van der Waals surface area (Å²) in [5.41, 5.74) is 2.59. The minimum atomic E-state index is -0.584. The van der Waals surface area contributed by atoms with Crippen LogP contribution < -0.4 is 10.1 Å². The maximum absolute atomic E-state index is 10.3. The number of benzene rings is 2. The van der Waals surface area contributed by atoms with E-state index in [4.69, 9.17) is 10.00 Å². The highest BCUT2D eigenvalue weighted by Gasteiger charge is 2.11. The molecular formula is C20H24N2O2. The minimum Gasteiger partial charge on any atom is -0.491 e. The van der Waals surface area contributed by atoms with Gasteiger partial charge in [0.15, 0.2) is 0 Å². The zero-order chi connectivity index (χ0) is 17.5. The first-order valence-corrected chi connectivity index (χ1v) is 8.17. The summed E-state index contributed by atoms with van der Waals surface area (Å²) in [5.74, 6) is 0.805. The molecule has 24 heavy (non-hydrogen) atoms. The van der Waals surface area contributed by atoms with Gasteiger partial charge in [-0.2, -0.15) is 5.26 Å². The molecular weight excluding hydrogens is 300 g/mol. The number of nitrogens with zero attached hydrogens (tertiary/aromatic N) is 1. The molecule has 0 aliphatic heterocycles. The number of aliphatic hydroxyl groups excluding tert-OH is 1. The van der Waals surface area contributed by atoms with E-state index >= 15 is 0 Å². The summed E-state index contributed by atoms with van der Waals surface area (Å²) < 4.78 is 5.60. The highest BCUT2D eigenvalue weighted by atomic mass is 16.5. The molecule has 4 nitrogen and oxygen atoms in total. The summed E-state index contributed by atoms with van der Waals surface area (Å²) >= 11 is 0. The molecule has 0 aromatic heterocycles. The van der Waals surface area contributed by atoms with Gasteiger partial charge < -0.3 is 15.2 Å². The number of aliphatic hydroxyl groups is 1. The molecule has 2 unspecified atom stereocenters. The van der Waals surface area contributed by atoms with Crippen LogP contribution in [-0.2, 0) is 0 Å². The molecule has 0 saturated carbocycles. The summed E-state index contributed by atoms with van der Waals surface area (Å²) in [4.78, 5) is 0. The number of nitrogens with one attached hydrogen (secondary N) is 1. The Morgan fingerprint density at radius 2 is 1.58 bits per heavy atom. The van der Waals surface area contributed by atoms with Crippen LogP contribution in [0.2, 0.25) is 0 Å². The van der Waals surface area contributed by atoms with Crippen molar-refractivity contribution in [1.29, 1.82) is 5.26 Å². The van der Waals surface area contributed by atoms with E-state index in [0.717, 1.165) is 16.9 Å². The van der Waals surface area contributed by atoms with Gasteiger partial charge in [-0.05, 0) is 56.2 Å². The molecule has 2 rings (SSSR count). The molecule has 0 bridgehead atoms. The molecule has 2 aromatic carbocycles. The smallest absolute Gasteiger partial charge is 0.119 e. The Bertz CT molecular complexity index is 672. The van der Waals surface area contributed by atoms with Crippen molar-refractivity contribution >= 4 is 0 Å². The average Bonchev–Trinajstić information content (AvgIpc) is 2.59. The van der Waals surface area contributed by atoms with E-state index in [9.17, 15) is 5.11 Å². The Labute approximate surface area is 143 Å². The lowest BCUT2D eigenvalue weighted by atomic mass is 10.1. The normalized spacial score (nSPS) is 13.3. The lowest BCUT2D eigenvalue weighted by Gasteiger charge is -2.18. The van der Waals surface area contributed by atoms with Gasteiger partial charge in [-0.1, -0.05) is 24.3 Å². The van der Waals surface area contributed by atoms with E-state index in [1.54, 1.807) is 12.1 Å². The number of nitriles is 1. The molecule has 0 heterocycles. The van der Waals surface area contributed by atoms with Crippen LogP contribution in [0, 0.1) is 11.3 Å². The SMILES string of the molecule is CC(C)Oc1ccc(C(O)CNC(C)c2ccc(C#N)cc2)cc1. The van der Waals surface area contributed by atoms with Crippen LogP contribution in [0.4, 0.5) is 0 Å². The van der Waals surface area contributed by atoms with Crippen LogP contribution in [0.1, 0.15) is 49.6 Å². The molecule has 0 amide bonds. The van der Waals surface area contributed by atoms with Crippen molar-refractivity contribution in [2.24, 2.45) is 0 Å². The average molecular weight is 324 g/mol. The molecule has 0 fully saturated rings. The lowest BCUT2D eigenvalue weighted by molar-refractivity contribution is 0.170. The minimum absolute atomic E-state index is 0.0935. The van der Waals surface area contributed by atoms with Gasteiger partial charge in [-0.15, -0.1) is 0 Å². The fourth-order valence-electron chi connectivity index (χ4n) is 2.41. The molecule has 2 N–H and O–H groups in total. The molecule has 0 radical (unpaired) electrons. The van der Waals surface area contributed by atoms with Gasteiger partial charge in [-0.3, -0.25) is 0 Å². The standard InChI is InChI=1S/C20H24N2O2/c1-14(2)24-19-10-8-18(9-11-19)20(23)13-22-15(3)17-6-4-16(12-21)5-7-17/h4-11,14-15,20,22-23H,13H2,1-3H3. The topological polar surface area (TPSA) is 65.3 Å². The number of ether oxygens (including phenoxy) is 1. The van der Waals surface area contributed by atoms with E-state index in [2.05, 4.69) is 11.4 Å². The predicted molar refractivity (Wildman–Crippen MR) is 94.7 cm³/mol. The van der Waals surface area contributed by atoms with Crippen molar-refractivity contribution in [1.82, 2.24) is 5.32 Å². The Kier molecular flexibility index (Phi) is 6.36. The van der Waals surface area contributed by atoms with Crippen molar-refractivity contribution in [3.63, 3.8) is 0 Å². The first-order valence-electron chi connectivity index (χ1n) is 8.17. The van der Waals surface area contributed by atoms with Crippen molar-refractivity contribution in [2.75, 3.05) is 6.54 Å². The number of rotatable bonds is 7. The van der Waals surface area contributed by atoms with Crippen molar-refractivity contribution in [3.8, 4) is 11.8 Å². The molecule has 0 spiro atoms. The predicted octanol–water partition coefficient (Wildman–Crippen LogP) is 3.73. The first-order chi connectivity index (χ1) is 11.5. The highest BCUT2D eigenvalue weighted by molar-refractivity contribution is 5.33. The third-order valence-corrected chi connectivity index (χ3v) is 3.79. The summed E-state index contributed by atoms with van der Waals surface area (Å²) in [6, 6.07) is 17.2.